The Morgan fingerprint density at radius 3 is 2.56 bits per heavy atom. The summed E-state index contributed by atoms with van der Waals surface area (Å²) < 4.78 is 1.80. The summed E-state index contributed by atoms with van der Waals surface area (Å²) in [7, 11) is 0. The standard InChI is InChI=1S/C31H38N8O3S/c1-20(2)26-29-34-28(21-10-5-4-6-11-21)37-39(29)18-17-38(31(42)27-22-12-7-8-13-23(22)35-36-27)16-9-14-25(40)32-24(15-19-43-3)30(41)33-26/h4-8,10-13,20,24,26H,9,14-19H2,1-3H3,(H,32,40)(H,33,41)(H,35,36)/t24-,26+/m0/s1. The predicted octanol–water partition coefficient (Wildman–Crippen LogP) is 3.81. The van der Waals surface area contributed by atoms with Crippen LogP contribution < -0.4 is 10.6 Å². The number of carbonyl (C=O) groups is 3. The highest BCUT2D eigenvalue weighted by Crippen LogP contribution is 2.25. The number of nitrogens with one attached hydrogen (secondary N) is 3. The van der Waals surface area contributed by atoms with Gasteiger partial charge in [-0.2, -0.15) is 22.0 Å². The summed E-state index contributed by atoms with van der Waals surface area (Å²) in [5.74, 6) is 1.17. The van der Waals surface area contributed by atoms with Crippen LogP contribution in [-0.2, 0) is 16.1 Å². The summed E-state index contributed by atoms with van der Waals surface area (Å²) >= 11 is 1.62. The fourth-order valence-electron chi connectivity index (χ4n) is 5.25. The van der Waals surface area contributed by atoms with E-state index in [1.807, 2.05) is 74.7 Å². The fourth-order valence-corrected chi connectivity index (χ4v) is 5.72. The van der Waals surface area contributed by atoms with Gasteiger partial charge in [-0.3, -0.25) is 19.5 Å². The van der Waals surface area contributed by atoms with E-state index in [1.165, 1.54) is 0 Å². The lowest BCUT2D eigenvalue weighted by atomic mass is 10.0. The molecule has 4 aromatic rings. The number of H-pyrrole nitrogens is 1. The molecule has 226 valence electrons. The minimum atomic E-state index is -0.678. The van der Waals surface area contributed by atoms with Gasteiger partial charge in [0.25, 0.3) is 5.91 Å². The number of fused-ring (bicyclic) bond motifs is 2. The Bertz CT molecular complexity index is 1570. The summed E-state index contributed by atoms with van der Waals surface area (Å²) in [6.07, 6.45) is 3.10. The van der Waals surface area contributed by atoms with E-state index in [0.29, 0.717) is 49.8 Å². The van der Waals surface area contributed by atoms with E-state index >= 15 is 0 Å². The monoisotopic (exact) mass is 602 g/mol. The fraction of sp³-hybridized carbons (Fsp3) is 0.419. The van der Waals surface area contributed by atoms with E-state index in [9.17, 15) is 14.4 Å². The Balaban J connectivity index is 1.53. The number of aromatic nitrogens is 5. The highest BCUT2D eigenvalue weighted by atomic mass is 32.2. The van der Waals surface area contributed by atoms with Gasteiger partial charge in [-0.25, -0.2) is 9.67 Å². The van der Waals surface area contributed by atoms with Gasteiger partial charge in [0.05, 0.1) is 18.1 Å². The van der Waals surface area contributed by atoms with Crippen molar-refractivity contribution in [2.75, 3.05) is 25.1 Å². The summed E-state index contributed by atoms with van der Waals surface area (Å²) in [6.45, 7) is 5.05. The first-order valence-corrected chi connectivity index (χ1v) is 16.1. The molecule has 3 N–H and O–H groups in total. The molecule has 0 spiro atoms. The molecule has 1 aliphatic heterocycles. The van der Waals surface area contributed by atoms with Crippen molar-refractivity contribution in [1.29, 1.82) is 0 Å². The molecule has 2 aromatic heterocycles. The van der Waals surface area contributed by atoms with Gasteiger partial charge in [-0.1, -0.05) is 62.4 Å². The highest BCUT2D eigenvalue weighted by Gasteiger charge is 2.30. The second-order valence-corrected chi connectivity index (χ2v) is 12.0. The maximum absolute atomic E-state index is 13.9. The number of amides is 3. The minimum Gasteiger partial charge on any atom is -0.344 e. The van der Waals surface area contributed by atoms with Gasteiger partial charge < -0.3 is 15.5 Å². The minimum absolute atomic E-state index is 0.0199. The number of carbonyl (C=O) groups excluding carboxylic acids is 3. The molecule has 0 radical (unpaired) electrons. The molecule has 12 heteroatoms. The number of para-hydroxylation sites is 1. The number of rotatable bonds is 6. The Labute approximate surface area is 255 Å². The number of hydrogen-bond donors (Lipinski definition) is 3. The van der Waals surface area contributed by atoms with Crippen molar-refractivity contribution >= 4 is 40.4 Å². The van der Waals surface area contributed by atoms with E-state index in [1.54, 1.807) is 21.3 Å². The van der Waals surface area contributed by atoms with Crippen LogP contribution in [0.3, 0.4) is 0 Å². The van der Waals surface area contributed by atoms with E-state index in [-0.39, 0.29) is 30.1 Å². The third kappa shape index (κ3) is 7.07. The van der Waals surface area contributed by atoms with Crippen LogP contribution >= 0.6 is 11.8 Å². The Kier molecular flexibility index (Phi) is 9.75. The molecule has 11 nitrogen and oxygen atoms in total. The van der Waals surface area contributed by atoms with Crippen molar-refractivity contribution in [3.05, 3.63) is 66.1 Å². The quantitative estimate of drug-likeness (QED) is 0.305. The molecule has 0 saturated carbocycles. The van der Waals surface area contributed by atoms with Crippen LogP contribution in [0.15, 0.2) is 54.6 Å². The van der Waals surface area contributed by atoms with Crippen molar-refractivity contribution < 1.29 is 14.4 Å². The zero-order chi connectivity index (χ0) is 30.3. The van der Waals surface area contributed by atoms with E-state index in [4.69, 9.17) is 10.1 Å². The third-order valence-corrected chi connectivity index (χ3v) is 8.25. The lowest BCUT2D eigenvalue weighted by Crippen LogP contribution is -2.49. The van der Waals surface area contributed by atoms with Gasteiger partial charge in [0.15, 0.2) is 17.3 Å². The summed E-state index contributed by atoms with van der Waals surface area (Å²) in [6, 6.07) is 16.1. The molecule has 5 rings (SSSR count). The van der Waals surface area contributed by atoms with Crippen molar-refractivity contribution in [3.63, 3.8) is 0 Å². The van der Waals surface area contributed by atoms with Gasteiger partial charge in [0.2, 0.25) is 11.8 Å². The molecular formula is C31H38N8O3S. The number of thioether (sulfide) groups is 1. The lowest BCUT2D eigenvalue weighted by Gasteiger charge is -2.27. The van der Waals surface area contributed by atoms with Crippen molar-refractivity contribution in [2.24, 2.45) is 5.92 Å². The molecule has 43 heavy (non-hydrogen) atoms. The molecule has 2 atom stereocenters. The Morgan fingerprint density at radius 1 is 1.02 bits per heavy atom. The zero-order valence-corrected chi connectivity index (χ0v) is 25.6. The van der Waals surface area contributed by atoms with Gasteiger partial charge in [-0.05, 0) is 36.8 Å². The molecule has 3 heterocycles. The summed E-state index contributed by atoms with van der Waals surface area (Å²) in [4.78, 5) is 47.0. The SMILES string of the molecule is CSCC[C@@H]1NC(=O)CCCN(C(=O)c2n[nH]c3ccccc23)CCn2nc(-c3ccccc3)nc2[C@@H](C(C)C)NC1=O. The molecule has 1 aliphatic rings. The average molecular weight is 603 g/mol. The zero-order valence-electron chi connectivity index (χ0n) is 24.7. The first-order valence-electron chi connectivity index (χ1n) is 14.7. The first-order chi connectivity index (χ1) is 20.9. The lowest BCUT2D eigenvalue weighted by molar-refractivity contribution is -0.129. The van der Waals surface area contributed by atoms with Gasteiger partial charge >= 0.3 is 0 Å². The van der Waals surface area contributed by atoms with Crippen molar-refractivity contribution in [1.82, 2.24) is 40.5 Å². The second-order valence-electron chi connectivity index (χ2n) is 11.0. The predicted molar refractivity (Wildman–Crippen MR) is 167 cm³/mol. The van der Waals surface area contributed by atoms with Crippen LogP contribution in [0.25, 0.3) is 22.3 Å². The number of nitrogens with zero attached hydrogens (tertiary/aromatic N) is 5. The van der Waals surface area contributed by atoms with Crippen LogP contribution in [0.1, 0.15) is 55.5 Å². The number of aromatic amines is 1. The molecule has 0 saturated heterocycles. The first kappa shape index (κ1) is 30.3. The third-order valence-electron chi connectivity index (χ3n) is 7.61. The van der Waals surface area contributed by atoms with Gasteiger partial charge in [-0.15, -0.1) is 0 Å². The molecule has 3 amide bonds. The molecular weight excluding hydrogens is 564 g/mol. The number of hydrogen-bond acceptors (Lipinski definition) is 7. The van der Waals surface area contributed by atoms with Crippen molar-refractivity contribution in [2.45, 2.75) is 51.7 Å². The highest BCUT2D eigenvalue weighted by molar-refractivity contribution is 7.98. The molecule has 2 aromatic carbocycles. The Morgan fingerprint density at radius 2 is 1.79 bits per heavy atom. The summed E-state index contributed by atoms with van der Waals surface area (Å²) in [5.41, 5.74) is 1.98. The number of benzene rings is 2. The van der Waals surface area contributed by atoms with E-state index in [2.05, 4.69) is 20.8 Å². The molecule has 0 aliphatic carbocycles. The van der Waals surface area contributed by atoms with E-state index in [0.717, 1.165) is 22.2 Å². The van der Waals surface area contributed by atoms with Gasteiger partial charge in [0, 0.05) is 30.5 Å². The average Bonchev–Trinajstić information content (AvgIpc) is 3.64. The summed E-state index contributed by atoms with van der Waals surface area (Å²) in [5, 5.41) is 19.0. The van der Waals surface area contributed by atoms with Crippen LogP contribution in [0.5, 0.6) is 0 Å². The van der Waals surface area contributed by atoms with Crippen LogP contribution in [-0.4, -0.2) is 78.7 Å². The maximum Gasteiger partial charge on any atom is 0.275 e. The second kappa shape index (κ2) is 13.9. The molecule has 0 bridgehead atoms. The van der Waals surface area contributed by atoms with Crippen LogP contribution in [0, 0.1) is 5.92 Å². The topological polar surface area (TPSA) is 138 Å². The van der Waals surface area contributed by atoms with Crippen LogP contribution in [0.2, 0.25) is 0 Å². The Hall–Kier alpha value is -4.19. The molecule has 0 fully saturated rings. The maximum atomic E-state index is 13.9. The van der Waals surface area contributed by atoms with E-state index < -0.39 is 12.1 Å². The van der Waals surface area contributed by atoms with Crippen LogP contribution in [0.4, 0.5) is 0 Å². The smallest absolute Gasteiger partial charge is 0.275 e. The largest absolute Gasteiger partial charge is 0.344 e. The normalized spacial score (nSPS) is 18.7. The van der Waals surface area contributed by atoms with Gasteiger partial charge in [0.1, 0.15) is 6.04 Å². The van der Waals surface area contributed by atoms with Crippen molar-refractivity contribution in [3.8, 4) is 11.4 Å². The molecule has 0 unspecified atom stereocenters.